The van der Waals surface area contributed by atoms with Crippen LogP contribution in [0.25, 0.3) is 10.9 Å². The summed E-state index contributed by atoms with van der Waals surface area (Å²) in [6.07, 6.45) is 3.76. The van der Waals surface area contributed by atoms with E-state index in [0.29, 0.717) is 26.1 Å². The average molecular weight is 385 g/mol. The van der Waals surface area contributed by atoms with Crippen molar-refractivity contribution in [2.45, 2.75) is 19.4 Å². The van der Waals surface area contributed by atoms with Gasteiger partial charge >= 0.3 is 0 Å². The minimum atomic E-state index is -3.26. The van der Waals surface area contributed by atoms with Crippen LogP contribution in [0.15, 0.2) is 42.6 Å². The number of nitrogens with zero attached hydrogens (tertiary/aromatic N) is 4. The normalized spacial score (nSPS) is 18.9. The average Bonchev–Trinajstić information content (AvgIpc) is 3.02. The van der Waals surface area contributed by atoms with Crippen LogP contribution in [-0.4, -0.2) is 59.8 Å². The Hall–Kier alpha value is -2.45. The van der Waals surface area contributed by atoms with Gasteiger partial charge in [0.25, 0.3) is 0 Å². The number of anilines is 1. The van der Waals surface area contributed by atoms with Gasteiger partial charge < -0.3 is 4.90 Å². The van der Waals surface area contributed by atoms with Crippen molar-refractivity contribution in [1.82, 2.24) is 19.5 Å². The van der Waals surface area contributed by atoms with Crippen LogP contribution in [0.4, 0.5) is 5.82 Å². The molecule has 0 saturated carbocycles. The molecule has 8 heteroatoms. The standard InChI is InChI=1S/C19H23N5O2S/c1-14-17-11-19(20-12-18(17)22-21-14)23-8-9-24(27(2,25)26)16(13-23)10-15-6-4-3-5-7-15/h3-7,11-12,16H,8-10,13H2,1-2H3,(H,21,22)/t16-/m0/s1. The van der Waals surface area contributed by atoms with Gasteiger partial charge in [-0.2, -0.15) is 9.40 Å². The fourth-order valence-corrected chi connectivity index (χ4v) is 4.84. The number of aromatic nitrogens is 3. The maximum atomic E-state index is 12.3. The molecule has 0 radical (unpaired) electrons. The van der Waals surface area contributed by atoms with Gasteiger partial charge in [-0.05, 0) is 25.0 Å². The summed E-state index contributed by atoms with van der Waals surface area (Å²) >= 11 is 0. The Morgan fingerprint density at radius 2 is 2.00 bits per heavy atom. The fraction of sp³-hybridized carbons (Fsp3) is 0.368. The zero-order valence-corrected chi connectivity index (χ0v) is 16.3. The lowest BCUT2D eigenvalue weighted by atomic mass is 10.0. The number of aromatic amines is 1. The number of benzene rings is 1. The van der Waals surface area contributed by atoms with Crippen LogP contribution in [0.1, 0.15) is 11.3 Å². The maximum Gasteiger partial charge on any atom is 0.211 e. The smallest absolute Gasteiger partial charge is 0.211 e. The van der Waals surface area contributed by atoms with Crippen LogP contribution < -0.4 is 4.90 Å². The summed E-state index contributed by atoms with van der Waals surface area (Å²) < 4.78 is 26.2. The van der Waals surface area contributed by atoms with Crippen molar-refractivity contribution in [1.29, 1.82) is 0 Å². The molecule has 0 unspecified atom stereocenters. The van der Waals surface area contributed by atoms with Crippen LogP contribution >= 0.6 is 0 Å². The lowest BCUT2D eigenvalue weighted by Crippen LogP contribution is -2.56. The molecule has 1 N–H and O–H groups in total. The molecule has 1 atom stereocenters. The number of nitrogens with one attached hydrogen (secondary N) is 1. The molecular weight excluding hydrogens is 362 g/mol. The highest BCUT2D eigenvalue weighted by Gasteiger charge is 2.33. The Labute approximate surface area is 159 Å². The minimum absolute atomic E-state index is 0.126. The summed E-state index contributed by atoms with van der Waals surface area (Å²) in [6, 6.07) is 11.9. The molecule has 1 fully saturated rings. The minimum Gasteiger partial charge on any atom is -0.354 e. The van der Waals surface area contributed by atoms with Crippen molar-refractivity contribution in [3.05, 3.63) is 53.9 Å². The van der Waals surface area contributed by atoms with E-state index >= 15 is 0 Å². The van der Waals surface area contributed by atoms with Gasteiger partial charge in [-0.25, -0.2) is 13.4 Å². The molecule has 0 aliphatic carbocycles. The Morgan fingerprint density at radius 3 is 2.74 bits per heavy atom. The van der Waals surface area contributed by atoms with Crippen LogP contribution in [0, 0.1) is 6.92 Å². The van der Waals surface area contributed by atoms with E-state index in [1.165, 1.54) is 6.26 Å². The van der Waals surface area contributed by atoms with E-state index in [0.717, 1.165) is 28.0 Å². The second kappa shape index (κ2) is 6.94. The topological polar surface area (TPSA) is 82.2 Å². The van der Waals surface area contributed by atoms with E-state index < -0.39 is 10.0 Å². The van der Waals surface area contributed by atoms with Crippen LogP contribution in [0.3, 0.4) is 0 Å². The van der Waals surface area contributed by atoms with E-state index in [-0.39, 0.29) is 6.04 Å². The van der Waals surface area contributed by atoms with Gasteiger partial charge in [0.2, 0.25) is 10.0 Å². The highest BCUT2D eigenvalue weighted by molar-refractivity contribution is 7.88. The van der Waals surface area contributed by atoms with Crippen molar-refractivity contribution in [2.24, 2.45) is 0 Å². The molecule has 27 heavy (non-hydrogen) atoms. The Balaban J connectivity index is 1.62. The molecule has 0 amide bonds. The number of H-pyrrole nitrogens is 1. The maximum absolute atomic E-state index is 12.3. The molecule has 3 aromatic rings. The molecule has 0 bridgehead atoms. The second-order valence-corrected chi connectivity index (χ2v) is 9.00. The molecule has 7 nitrogen and oxygen atoms in total. The second-order valence-electron chi connectivity index (χ2n) is 7.06. The Kier molecular flexibility index (Phi) is 4.61. The lowest BCUT2D eigenvalue weighted by molar-refractivity contribution is 0.289. The summed E-state index contributed by atoms with van der Waals surface area (Å²) in [5, 5.41) is 8.24. The molecule has 142 valence electrons. The Bertz CT molecular complexity index is 1050. The molecule has 4 rings (SSSR count). The quantitative estimate of drug-likeness (QED) is 0.742. The molecular formula is C19H23N5O2S. The third-order valence-corrected chi connectivity index (χ3v) is 6.45. The van der Waals surface area contributed by atoms with Gasteiger partial charge in [0, 0.05) is 31.1 Å². The third-order valence-electron chi connectivity index (χ3n) is 5.12. The first kappa shape index (κ1) is 17.9. The van der Waals surface area contributed by atoms with Crippen molar-refractivity contribution in [3.8, 4) is 0 Å². The van der Waals surface area contributed by atoms with E-state index in [1.807, 2.05) is 43.3 Å². The predicted octanol–water partition coefficient (Wildman–Crippen LogP) is 1.96. The van der Waals surface area contributed by atoms with Crippen molar-refractivity contribution >= 4 is 26.7 Å². The largest absolute Gasteiger partial charge is 0.354 e. The number of piperazine rings is 1. The van der Waals surface area contributed by atoms with Gasteiger partial charge in [0.15, 0.2) is 0 Å². The van der Waals surface area contributed by atoms with Crippen molar-refractivity contribution < 1.29 is 8.42 Å². The van der Waals surface area contributed by atoms with Crippen LogP contribution in [0.5, 0.6) is 0 Å². The number of aryl methyl sites for hydroxylation is 1. The van der Waals surface area contributed by atoms with E-state index in [9.17, 15) is 8.42 Å². The monoisotopic (exact) mass is 385 g/mol. The SMILES string of the molecule is Cc1n[nH]c2cnc(N3CCN(S(C)(=O)=O)[C@@H](Cc4ccccc4)C3)cc12. The number of hydrogen-bond acceptors (Lipinski definition) is 5. The summed E-state index contributed by atoms with van der Waals surface area (Å²) in [5.74, 6) is 0.859. The van der Waals surface area contributed by atoms with Gasteiger partial charge in [-0.3, -0.25) is 5.10 Å². The summed E-state index contributed by atoms with van der Waals surface area (Å²) in [5.41, 5.74) is 2.98. The van der Waals surface area contributed by atoms with E-state index in [2.05, 4.69) is 20.1 Å². The highest BCUT2D eigenvalue weighted by Crippen LogP contribution is 2.25. The van der Waals surface area contributed by atoms with Crippen LogP contribution in [0.2, 0.25) is 0 Å². The van der Waals surface area contributed by atoms with Gasteiger partial charge in [-0.15, -0.1) is 0 Å². The first-order valence-electron chi connectivity index (χ1n) is 8.98. The first-order valence-corrected chi connectivity index (χ1v) is 10.8. The molecule has 1 saturated heterocycles. The number of sulfonamides is 1. The van der Waals surface area contributed by atoms with Gasteiger partial charge in [0.1, 0.15) is 5.82 Å². The van der Waals surface area contributed by atoms with Gasteiger partial charge in [-0.1, -0.05) is 30.3 Å². The predicted molar refractivity (Wildman–Crippen MR) is 106 cm³/mol. The molecule has 3 heterocycles. The zero-order valence-electron chi connectivity index (χ0n) is 15.5. The van der Waals surface area contributed by atoms with Gasteiger partial charge in [0.05, 0.1) is 23.7 Å². The number of hydrogen-bond donors (Lipinski definition) is 1. The summed E-state index contributed by atoms with van der Waals surface area (Å²) in [7, 11) is -3.26. The lowest BCUT2D eigenvalue weighted by Gasteiger charge is -2.40. The summed E-state index contributed by atoms with van der Waals surface area (Å²) in [6.45, 7) is 3.65. The molecule has 1 aromatic carbocycles. The summed E-state index contributed by atoms with van der Waals surface area (Å²) in [4.78, 5) is 6.73. The molecule has 1 aliphatic rings. The fourth-order valence-electron chi connectivity index (χ4n) is 3.75. The third kappa shape index (κ3) is 3.68. The molecule has 1 aliphatic heterocycles. The van der Waals surface area contributed by atoms with Crippen LogP contribution in [-0.2, 0) is 16.4 Å². The number of pyridine rings is 1. The molecule has 0 spiro atoms. The number of fused-ring (bicyclic) bond motifs is 1. The first-order chi connectivity index (χ1) is 12.9. The highest BCUT2D eigenvalue weighted by atomic mass is 32.2. The van der Waals surface area contributed by atoms with E-state index in [1.54, 1.807) is 10.5 Å². The van der Waals surface area contributed by atoms with Crippen molar-refractivity contribution in [2.75, 3.05) is 30.8 Å². The zero-order chi connectivity index (χ0) is 19.0. The van der Waals surface area contributed by atoms with Crippen molar-refractivity contribution in [3.63, 3.8) is 0 Å². The molecule has 2 aromatic heterocycles. The van der Waals surface area contributed by atoms with E-state index in [4.69, 9.17) is 0 Å². The Morgan fingerprint density at radius 1 is 1.22 bits per heavy atom. The number of rotatable bonds is 4.